The summed E-state index contributed by atoms with van der Waals surface area (Å²) in [4.78, 5) is 12.1. The van der Waals surface area contributed by atoms with Crippen molar-refractivity contribution in [2.45, 2.75) is 64.4 Å². The zero-order valence-corrected chi connectivity index (χ0v) is 14.7. The maximum absolute atomic E-state index is 13.4. The van der Waals surface area contributed by atoms with Crippen molar-refractivity contribution in [3.05, 3.63) is 29.3 Å². The van der Waals surface area contributed by atoms with E-state index in [9.17, 15) is 18.0 Å². The average Bonchev–Trinajstić information content (AvgIpc) is 2.89. The van der Waals surface area contributed by atoms with Crippen LogP contribution in [0.1, 0.15) is 51.2 Å². The minimum Gasteiger partial charge on any atom is -0.488 e. The minimum atomic E-state index is -4.52. The highest BCUT2D eigenvalue weighted by molar-refractivity contribution is 5.79. The van der Waals surface area contributed by atoms with Gasteiger partial charge in [0.2, 0.25) is 5.91 Å². The first-order valence-electron chi connectivity index (χ1n) is 8.38. The SMILES string of the molecule is CC(C)(C)Oc1ccc(CNC(=O)C2CCC(N)C2)c(C(F)(F)F)c1. The number of nitrogens with one attached hydrogen (secondary N) is 1. The summed E-state index contributed by atoms with van der Waals surface area (Å²) >= 11 is 0. The lowest BCUT2D eigenvalue weighted by Crippen LogP contribution is -2.30. The van der Waals surface area contributed by atoms with Gasteiger partial charge in [0, 0.05) is 18.5 Å². The number of alkyl halides is 3. The molecule has 3 N–H and O–H groups in total. The second-order valence-corrected chi connectivity index (χ2v) is 7.52. The van der Waals surface area contributed by atoms with Gasteiger partial charge in [0.1, 0.15) is 11.4 Å². The highest BCUT2D eigenvalue weighted by Gasteiger charge is 2.34. The number of hydrogen-bond acceptors (Lipinski definition) is 3. The first kappa shape index (κ1) is 19.6. The first-order chi connectivity index (χ1) is 11.5. The third-order valence-corrected chi connectivity index (χ3v) is 4.11. The van der Waals surface area contributed by atoms with Gasteiger partial charge in [0.15, 0.2) is 0 Å². The van der Waals surface area contributed by atoms with Crippen molar-refractivity contribution < 1.29 is 22.7 Å². The Morgan fingerprint density at radius 3 is 2.48 bits per heavy atom. The van der Waals surface area contributed by atoms with Gasteiger partial charge in [0.05, 0.1) is 5.56 Å². The highest BCUT2D eigenvalue weighted by atomic mass is 19.4. The smallest absolute Gasteiger partial charge is 0.416 e. The second-order valence-electron chi connectivity index (χ2n) is 7.52. The summed E-state index contributed by atoms with van der Waals surface area (Å²) in [6, 6.07) is 3.83. The fourth-order valence-electron chi connectivity index (χ4n) is 2.97. The number of carbonyl (C=O) groups excluding carboxylic acids is 1. The Bertz CT molecular complexity index is 624. The molecule has 140 valence electrons. The molecule has 1 aromatic rings. The summed E-state index contributed by atoms with van der Waals surface area (Å²) in [5.74, 6) is -0.305. The Labute approximate surface area is 145 Å². The number of benzene rings is 1. The summed E-state index contributed by atoms with van der Waals surface area (Å²) in [6.45, 7) is 5.12. The number of carbonyl (C=O) groups is 1. The summed E-state index contributed by atoms with van der Waals surface area (Å²) in [5.41, 5.74) is 4.40. The molecule has 0 aromatic heterocycles. The van der Waals surface area contributed by atoms with E-state index >= 15 is 0 Å². The van der Waals surface area contributed by atoms with E-state index in [0.717, 1.165) is 12.5 Å². The van der Waals surface area contributed by atoms with Gasteiger partial charge in [-0.05, 0) is 57.7 Å². The maximum atomic E-state index is 13.4. The van der Waals surface area contributed by atoms with Gasteiger partial charge in [-0.1, -0.05) is 6.07 Å². The van der Waals surface area contributed by atoms with Crippen molar-refractivity contribution in [1.29, 1.82) is 0 Å². The number of amides is 1. The summed E-state index contributed by atoms with van der Waals surface area (Å²) < 4.78 is 45.6. The van der Waals surface area contributed by atoms with E-state index in [-0.39, 0.29) is 35.7 Å². The predicted octanol–water partition coefficient (Wildman–Crippen LogP) is 3.63. The Hall–Kier alpha value is -1.76. The third-order valence-electron chi connectivity index (χ3n) is 4.11. The molecule has 2 atom stereocenters. The van der Waals surface area contributed by atoms with Crippen LogP contribution < -0.4 is 15.8 Å². The van der Waals surface area contributed by atoms with E-state index in [1.807, 2.05) is 0 Å². The molecule has 1 amide bonds. The van der Waals surface area contributed by atoms with Gasteiger partial charge in [0.25, 0.3) is 0 Å². The van der Waals surface area contributed by atoms with Gasteiger partial charge in [-0.25, -0.2) is 0 Å². The number of nitrogens with two attached hydrogens (primary N) is 1. The van der Waals surface area contributed by atoms with Crippen LogP contribution in [-0.4, -0.2) is 17.6 Å². The molecule has 0 heterocycles. The fourth-order valence-corrected chi connectivity index (χ4v) is 2.97. The van der Waals surface area contributed by atoms with Crippen LogP contribution in [0.4, 0.5) is 13.2 Å². The monoisotopic (exact) mass is 358 g/mol. The lowest BCUT2D eigenvalue weighted by atomic mass is 10.0. The number of halogens is 3. The first-order valence-corrected chi connectivity index (χ1v) is 8.38. The minimum absolute atomic E-state index is 0.00434. The van der Waals surface area contributed by atoms with Crippen LogP contribution in [0.3, 0.4) is 0 Å². The normalized spacial score (nSPS) is 21.2. The summed E-state index contributed by atoms with van der Waals surface area (Å²) in [6.07, 6.45) is -2.49. The molecule has 7 heteroatoms. The summed E-state index contributed by atoms with van der Waals surface area (Å²) in [5, 5.41) is 2.61. The highest BCUT2D eigenvalue weighted by Crippen LogP contribution is 2.35. The van der Waals surface area contributed by atoms with E-state index < -0.39 is 17.3 Å². The number of hydrogen-bond donors (Lipinski definition) is 2. The average molecular weight is 358 g/mol. The van der Waals surface area contributed by atoms with Crippen molar-refractivity contribution in [3.63, 3.8) is 0 Å². The van der Waals surface area contributed by atoms with Crippen LogP contribution in [0, 0.1) is 5.92 Å². The van der Waals surface area contributed by atoms with E-state index in [4.69, 9.17) is 10.5 Å². The van der Waals surface area contributed by atoms with Crippen LogP contribution in [0.25, 0.3) is 0 Å². The third kappa shape index (κ3) is 5.63. The molecule has 4 nitrogen and oxygen atoms in total. The predicted molar refractivity (Wildman–Crippen MR) is 89.0 cm³/mol. The van der Waals surface area contributed by atoms with Gasteiger partial charge in [-0.3, -0.25) is 4.79 Å². The fraction of sp³-hybridized carbons (Fsp3) is 0.611. The lowest BCUT2D eigenvalue weighted by molar-refractivity contribution is -0.138. The van der Waals surface area contributed by atoms with Crippen molar-refractivity contribution in [2.75, 3.05) is 0 Å². The molecule has 0 radical (unpaired) electrons. The molecule has 1 aliphatic rings. The topological polar surface area (TPSA) is 64.3 Å². The molecular weight excluding hydrogens is 333 g/mol. The Kier molecular flexibility index (Phi) is 5.66. The molecule has 0 saturated heterocycles. The maximum Gasteiger partial charge on any atom is 0.416 e. The van der Waals surface area contributed by atoms with Crippen molar-refractivity contribution in [2.24, 2.45) is 11.7 Å². The molecule has 1 fully saturated rings. The molecule has 2 unspecified atom stereocenters. The van der Waals surface area contributed by atoms with Crippen LogP contribution in [0.5, 0.6) is 5.75 Å². The van der Waals surface area contributed by atoms with E-state index in [2.05, 4.69) is 5.32 Å². The molecular formula is C18H25F3N2O2. The summed E-state index contributed by atoms with van der Waals surface area (Å²) in [7, 11) is 0. The van der Waals surface area contributed by atoms with E-state index in [0.29, 0.717) is 12.8 Å². The molecule has 2 rings (SSSR count). The van der Waals surface area contributed by atoms with Crippen molar-refractivity contribution >= 4 is 5.91 Å². The number of ether oxygens (including phenoxy) is 1. The van der Waals surface area contributed by atoms with Gasteiger partial charge in [-0.15, -0.1) is 0 Å². The van der Waals surface area contributed by atoms with Crippen LogP contribution >= 0.6 is 0 Å². The standard InChI is InChI=1S/C18H25F3N2O2/c1-17(2,3)25-14-7-5-12(15(9-14)18(19,20)21)10-23-16(24)11-4-6-13(22)8-11/h5,7,9,11,13H,4,6,8,10,22H2,1-3H3,(H,23,24). The zero-order valence-electron chi connectivity index (χ0n) is 14.7. The number of rotatable bonds is 4. The van der Waals surface area contributed by atoms with Crippen LogP contribution in [0.15, 0.2) is 18.2 Å². The Balaban J connectivity index is 2.12. The molecule has 0 bridgehead atoms. The van der Waals surface area contributed by atoms with E-state index in [1.54, 1.807) is 20.8 Å². The quantitative estimate of drug-likeness (QED) is 0.864. The van der Waals surface area contributed by atoms with E-state index in [1.165, 1.54) is 12.1 Å². The van der Waals surface area contributed by atoms with Crippen molar-refractivity contribution in [1.82, 2.24) is 5.32 Å². The molecule has 25 heavy (non-hydrogen) atoms. The Morgan fingerprint density at radius 2 is 1.96 bits per heavy atom. The van der Waals surface area contributed by atoms with Gasteiger partial charge < -0.3 is 15.8 Å². The molecule has 0 aliphatic heterocycles. The van der Waals surface area contributed by atoms with Gasteiger partial charge >= 0.3 is 6.18 Å². The second kappa shape index (κ2) is 7.23. The largest absolute Gasteiger partial charge is 0.488 e. The Morgan fingerprint density at radius 1 is 1.28 bits per heavy atom. The lowest BCUT2D eigenvalue weighted by Gasteiger charge is -2.23. The molecule has 1 aromatic carbocycles. The zero-order chi connectivity index (χ0) is 18.8. The van der Waals surface area contributed by atoms with Crippen LogP contribution in [0.2, 0.25) is 0 Å². The molecule has 1 saturated carbocycles. The van der Waals surface area contributed by atoms with Crippen LogP contribution in [-0.2, 0) is 17.5 Å². The molecule has 1 aliphatic carbocycles. The molecule has 0 spiro atoms. The van der Waals surface area contributed by atoms with Crippen molar-refractivity contribution in [3.8, 4) is 5.75 Å². The van der Waals surface area contributed by atoms with Gasteiger partial charge in [-0.2, -0.15) is 13.2 Å².